The Labute approximate surface area is 106 Å². The van der Waals surface area contributed by atoms with E-state index < -0.39 is 17.5 Å². The Kier molecular flexibility index (Phi) is 2.67. The number of hydrogen-bond acceptors (Lipinski definition) is 2. The van der Waals surface area contributed by atoms with Crippen molar-refractivity contribution in [1.82, 2.24) is 0 Å². The van der Waals surface area contributed by atoms with E-state index in [1.807, 2.05) is 24.3 Å². The highest BCUT2D eigenvalue weighted by Crippen LogP contribution is 2.50. The maximum atomic E-state index is 11.9. The van der Waals surface area contributed by atoms with Crippen LogP contribution in [0.2, 0.25) is 0 Å². The second-order valence-corrected chi connectivity index (χ2v) is 5.54. The molecule has 1 fully saturated rings. The zero-order chi connectivity index (χ0) is 12.8. The van der Waals surface area contributed by atoms with Crippen molar-refractivity contribution in [3.05, 3.63) is 35.4 Å². The number of carboxylic acids is 1. The molecule has 0 spiro atoms. The van der Waals surface area contributed by atoms with Gasteiger partial charge in [0.25, 0.3) is 0 Å². The summed E-state index contributed by atoms with van der Waals surface area (Å²) in [6, 6.07) is 7.81. The van der Waals surface area contributed by atoms with Crippen molar-refractivity contribution >= 4 is 5.97 Å². The van der Waals surface area contributed by atoms with Crippen molar-refractivity contribution < 1.29 is 15.0 Å². The van der Waals surface area contributed by atoms with Crippen LogP contribution in [0.1, 0.15) is 36.8 Å². The SMILES string of the molecule is O=C(O)C1(C2CCCC2O)CCc2ccccc21. The summed E-state index contributed by atoms with van der Waals surface area (Å²) in [6.07, 6.45) is 3.47. The van der Waals surface area contributed by atoms with Crippen molar-refractivity contribution in [3.8, 4) is 0 Å². The van der Waals surface area contributed by atoms with Crippen LogP contribution in [0.15, 0.2) is 24.3 Å². The summed E-state index contributed by atoms with van der Waals surface area (Å²) in [7, 11) is 0. The zero-order valence-corrected chi connectivity index (χ0v) is 10.3. The molecule has 3 unspecified atom stereocenters. The average molecular weight is 246 g/mol. The van der Waals surface area contributed by atoms with Gasteiger partial charge in [-0.15, -0.1) is 0 Å². The van der Waals surface area contributed by atoms with E-state index >= 15 is 0 Å². The first-order valence-corrected chi connectivity index (χ1v) is 6.66. The van der Waals surface area contributed by atoms with Gasteiger partial charge in [-0.3, -0.25) is 4.79 Å². The molecule has 0 aromatic heterocycles. The minimum absolute atomic E-state index is 0.126. The number of aryl methyl sites for hydroxylation is 1. The number of rotatable bonds is 2. The van der Waals surface area contributed by atoms with E-state index in [-0.39, 0.29) is 5.92 Å². The summed E-state index contributed by atoms with van der Waals surface area (Å²) < 4.78 is 0. The molecule has 2 N–H and O–H groups in total. The molecule has 0 amide bonds. The Morgan fingerprint density at radius 1 is 1.28 bits per heavy atom. The van der Waals surface area contributed by atoms with E-state index in [4.69, 9.17) is 0 Å². The van der Waals surface area contributed by atoms with Crippen molar-refractivity contribution in [2.45, 2.75) is 43.6 Å². The molecule has 96 valence electrons. The standard InChI is InChI=1S/C15H18O3/c16-13-7-3-6-12(13)15(14(17)18)9-8-10-4-1-2-5-11(10)15/h1-2,4-5,12-13,16H,3,6-9H2,(H,17,18). The van der Waals surface area contributed by atoms with Crippen molar-refractivity contribution in [2.24, 2.45) is 5.92 Å². The molecule has 18 heavy (non-hydrogen) atoms. The Balaban J connectivity index is 2.12. The van der Waals surface area contributed by atoms with Crippen LogP contribution in [0.4, 0.5) is 0 Å². The predicted molar refractivity (Wildman–Crippen MR) is 67.4 cm³/mol. The second-order valence-electron chi connectivity index (χ2n) is 5.54. The molecule has 3 nitrogen and oxygen atoms in total. The molecule has 0 radical (unpaired) electrons. The normalized spacial score (nSPS) is 34.5. The lowest BCUT2D eigenvalue weighted by Gasteiger charge is -2.34. The molecule has 1 aromatic rings. The maximum absolute atomic E-state index is 11.9. The third kappa shape index (κ3) is 1.43. The zero-order valence-electron chi connectivity index (χ0n) is 10.3. The summed E-state index contributed by atoms with van der Waals surface area (Å²) in [4.78, 5) is 11.9. The molecule has 2 aliphatic rings. The highest BCUT2D eigenvalue weighted by Gasteiger charge is 2.54. The minimum atomic E-state index is -0.855. The summed E-state index contributed by atoms with van der Waals surface area (Å²) in [5, 5.41) is 19.9. The number of fused-ring (bicyclic) bond motifs is 1. The van der Waals surface area contributed by atoms with Crippen LogP contribution in [0.3, 0.4) is 0 Å². The molecule has 0 aliphatic heterocycles. The quantitative estimate of drug-likeness (QED) is 0.840. The average Bonchev–Trinajstić information content (AvgIpc) is 2.93. The number of hydrogen-bond donors (Lipinski definition) is 2. The van der Waals surface area contributed by atoms with E-state index in [1.54, 1.807) is 0 Å². The molecule has 1 saturated carbocycles. The Morgan fingerprint density at radius 3 is 2.72 bits per heavy atom. The Hall–Kier alpha value is -1.35. The summed E-state index contributed by atoms with van der Waals surface area (Å²) in [5.41, 5.74) is 1.22. The minimum Gasteiger partial charge on any atom is -0.481 e. The maximum Gasteiger partial charge on any atom is 0.314 e. The van der Waals surface area contributed by atoms with Crippen molar-refractivity contribution in [2.75, 3.05) is 0 Å². The van der Waals surface area contributed by atoms with Gasteiger partial charge in [0.05, 0.1) is 11.5 Å². The van der Waals surface area contributed by atoms with E-state index in [0.29, 0.717) is 6.42 Å². The van der Waals surface area contributed by atoms with Crippen LogP contribution in [0.25, 0.3) is 0 Å². The Bertz CT molecular complexity index is 482. The van der Waals surface area contributed by atoms with Gasteiger partial charge in [-0.2, -0.15) is 0 Å². The van der Waals surface area contributed by atoms with E-state index in [2.05, 4.69) is 0 Å². The van der Waals surface area contributed by atoms with Crippen LogP contribution in [0, 0.1) is 5.92 Å². The highest BCUT2D eigenvalue weighted by molar-refractivity contribution is 5.84. The fourth-order valence-corrected chi connectivity index (χ4v) is 3.92. The van der Waals surface area contributed by atoms with E-state index in [9.17, 15) is 15.0 Å². The Morgan fingerprint density at radius 2 is 2.06 bits per heavy atom. The van der Waals surface area contributed by atoms with Crippen LogP contribution in [-0.4, -0.2) is 22.3 Å². The fraction of sp³-hybridized carbons (Fsp3) is 0.533. The number of aliphatic carboxylic acids is 1. The van der Waals surface area contributed by atoms with Crippen LogP contribution >= 0.6 is 0 Å². The molecule has 3 rings (SSSR count). The first kappa shape index (κ1) is 11.7. The van der Waals surface area contributed by atoms with Gasteiger partial charge in [-0.05, 0) is 36.8 Å². The van der Waals surface area contributed by atoms with Gasteiger partial charge in [0.2, 0.25) is 0 Å². The number of carboxylic acid groups (broad SMARTS) is 1. The van der Waals surface area contributed by atoms with Crippen LogP contribution in [0.5, 0.6) is 0 Å². The van der Waals surface area contributed by atoms with Gasteiger partial charge < -0.3 is 10.2 Å². The molecule has 3 heteroatoms. The first-order valence-electron chi connectivity index (χ1n) is 6.66. The molecule has 0 bridgehead atoms. The van der Waals surface area contributed by atoms with Crippen molar-refractivity contribution in [1.29, 1.82) is 0 Å². The van der Waals surface area contributed by atoms with E-state index in [0.717, 1.165) is 36.8 Å². The van der Waals surface area contributed by atoms with Gasteiger partial charge in [-0.1, -0.05) is 30.7 Å². The number of aliphatic hydroxyl groups is 1. The van der Waals surface area contributed by atoms with Gasteiger partial charge in [-0.25, -0.2) is 0 Å². The number of benzene rings is 1. The molecule has 2 aliphatic carbocycles. The molecule has 0 heterocycles. The van der Waals surface area contributed by atoms with E-state index in [1.165, 1.54) is 0 Å². The topological polar surface area (TPSA) is 57.5 Å². The third-order valence-electron chi connectivity index (χ3n) is 4.78. The van der Waals surface area contributed by atoms with Gasteiger partial charge in [0.15, 0.2) is 0 Å². The molecule has 0 saturated heterocycles. The van der Waals surface area contributed by atoms with Gasteiger partial charge in [0.1, 0.15) is 0 Å². The van der Waals surface area contributed by atoms with Crippen LogP contribution in [-0.2, 0) is 16.6 Å². The molecule has 3 atom stereocenters. The summed E-state index contributed by atoms with van der Waals surface area (Å²) in [6.45, 7) is 0. The largest absolute Gasteiger partial charge is 0.481 e. The third-order valence-corrected chi connectivity index (χ3v) is 4.78. The van der Waals surface area contributed by atoms with Gasteiger partial charge >= 0.3 is 5.97 Å². The lowest BCUT2D eigenvalue weighted by atomic mass is 9.69. The molecular formula is C15H18O3. The lowest BCUT2D eigenvalue weighted by molar-refractivity contribution is -0.148. The fourth-order valence-electron chi connectivity index (χ4n) is 3.92. The summed E-state index contributed by atoms with van der Waals surface area (Å²) in [5.74, 6) is -0.892. The van der Waals surface area contributed by atoms with Crippen LogP contribution < -0.4 is 0 Å². The first-order chi connectivity index (χ1) is 8.66. The number of carbonyl (C=O) groups is 1. The smallest absolute Gasteiger partial charge is 0.314 e. The monoisotopic (exact) mass is 246 g/mol. The predicted octanol–water partition coefficient (Wildman–Crippen LogP) is 2.12. The second kappa shape index (κ2) is 4.09. The summed E-state index contributed by atoms with van der Waals surface area (Å²) >= 11 is 0. The lowest BCUT2D eigenvalue weighted by Crippen LogP contribution is -2.44. The highest BCUT2D eigenvalue weighted by atomic mass is 16.4. The van der Waals surface area contributed by atoms with Crippen molar-refractivity contribution in [3.63, 3.8) is 0 Å². The van der Waals surface area contributed by atoms with Gasteiger partial charge in [0, 0.05) is 5.92 Å². The molecular weight excluding hydrogens is 228 g/mol. The molecule has 1 aromatic carbocycles. The number of aliphatic hydroxyl groups excluding tert-OH is 1.